The van der Waals surface area contributed by atoms with Crippen LogP contribution in [0.25, 0.3) is 16.9 Å². The summed E-state index contributed by atoms with van der Waals surface area (Å²) >= 11 is 0. The molecule has 5 heteroatoms. The van der Waals surface area contributed by atoms with Crippen molar-refractivity contribution in [2.45, 2.75) is 6.92 Å². The Labute approximate surface area is 91.8 Å². The van der Waals surface area contributed by atoms with Gasteiger partial charge in [-0.15, -0.1) is 0 Å². The zero-order valence-electron chi connectivity index (χ0n) is 8.70. The van der Waals surface area contributed by atoms with Crippen LogP contribution in [0.4, 0.5) is 0 Å². The molecule has 0 aliphatic carbocycles. The van der Waals surface area contributed by atoms with Gasteiger partial charge in [0.2, 0.25) is 0 Å². The van der Waals surface area contributed by atoms with Crippen LogP contribution in [-0.4, -0.2) is 24.6 Å². The van der Waals surface area contributed by atoms with Crippen molar-refractivity contribution in [2.75, 3.05) is 0 Å². The first-order valence-electron chi connectivity index (χ1n) is 4.91. The molecule has 0 bridgehead atoms. The van der Waals surface area contributed by atoms with Crippen molar-refractivity contribution < 1.29 is 0 Å². The molecule has 0 saturated carbocycles. The monoisotopic (exact) mass is 211 g/mol. The summed E-state index contributed by atoms with van der Waals surface area (Å²) in [6.07, 6.45) is 8.74. The van der Waals surface area contributed by atoms with Crippen LogP contribution >= 0.6 is 0 Å². The number of hydrogen-bond acceptors (Lipinski definition) is 4. The average molecular weight is 211 g/mol. The van der Waals surface area contributed by atoms with E-state index < -0.39 is 0 Å². The zero-order chi connectivity index (χ0) is 11.0. The molecule has 78 valence electrons. The Morgan fingerprint density at radius 1 is 1.19 bits per heavy atom. The molecule has 0 aliphatic rings. The lowest BCUT2D eigenvalue weighted by Gasteiger charge is -2.00. The van der Waals surface area contributed by atoms with Gasteiger partial charge in [0.15, 0.2) is 5.65 Å². The second-order valence-corrected chi connectivity index (χ2v) is 3.53. The molecule has 5 nitrogen and oxygen atoms in total. The van der Waals surface area contributed by atoms with Gasteiger partial charge in [-0.25, -0.2) is 19.5 Å². The predicted octanol–water partition coefficient (Wildman–Crippen LogP) is 1.49. The van der Waals surface area contributed by atoms with E-state index in [1.165, 1.54) is 6.33 Å². The van der Waals surface area contributed by atoms with Crippen LogP contribution in [0.3, 0.4) is 0 Å². The standard InChI is InChI=1S/C11H9N5/c1-8-4-15-16-6-9(5-13-11(8)16)10-2-3-12-7-14-10/h2-7H,1H3. The van der Waals surface area contributed by atoms with Gasteiger partial charge < -0.3 is 0 Å². The number of nitrogens with zero attached hydrogens (tertiary/aromatic N) is 5. The summed E-state index contributed by atoms with van der Waals surface area (Å²) < 4.78 is 1.76. The molecule has 0 N–H and O–H groups in total. The molecule has 0 unspecified atom stereocenters. The first-order chi connectivity index (χ1) is 7.84. The minimum absolute atomic E-state index is 0.845. The van der Waals surface area contributed by atoms with E-state index >= 15 is 0 Å². The van der Waals surface area contributed by atoms with E-state index in [4.69, 9.17) is 0 Å². The van der Waals surface area contributed by atoms with E-state index in [1.807, 2.05) is 19.2 Å². The van der Waals surface area contributed by atoms with E-state index in [-0.39, 0.29) is 0 Å². The molecule has 0 aliphatic heterocycles. The molecule has 0 radical (unpaired) electrons. The molecule has 0 fully saturated rings. The first kappa shape index (κ1) is 8.96. The Bertz CT molecular complexity index is 629. The lowest BCUT2D eigenvalue weighted by atomic mass is 10.2. The molecule has 0 amide bonds. The molecule has 0 spiro atoms. The molecule has 3 heterocycles. The fraction of sp³-hybridized carbons (Fsp3) is 0.0909. The molecule has 3 aromatic rings. The summed E-state index contributed by atoms with van der Waals surface area (Å²) in [6, 6.07) is 1.85. The highest BCUT2D eigenvalue weighted by molar-refractivity contribution is 5.58. The first-order valence-corrected chi connectivity index (χ1v) is 4.91. The van der Waals surface area contributed by atoms with Crippen molar-refractivity contribution in [3.8, 4) is 11.3 Å². The summed E-state index contributed by atoms with van der Waals surface area (Å²) in [4.78, 5) is 12.4. The third kappa shape index (κ3) is 1.33. The van der Waals surface area contributed by atoms with Gasteiger partial charge in [-0.05, 0) is 13.0 Å². The largest absolute Gasteiger partial charge is 0.245 e. The lowest BCUT2D eigenvalue weighted by Crippen LogP contribution is -1.93. The smallest absolute Gasteiger partial charge is 0.157 e. The molecule has 16 heavy (non-hydrogen) atoms. The molecular weight excluding hydrogens is 202 g/mol. The predicted molar refractivity (Wildman–Crippen MR) is 58.8 cm³/mol. The Kier molecular flexibility index (Phi) is 1.89. The minimum atomic E-state index is 0.845. The van der Waals surface area contributed by atoms with Gasteiger partial charge in [-0.2, -0.15) is 5.10 Å². The number of aryl methyl sites for hydroxylation is 1. The third-order valence-corrected chi connectivity index (χ3v) is 2.41. The SMILES string of the molecule is Cc1cnn2cc(-c3ccncn3)cnc12. The highest BCUT2D eigenvalue weighted by atomic mass is 15.2. The molecule has 3 rings (SSSR count). The molecule has 3 aromatic heterocycles. The van der Waals surface area contributed by atoms with Gasteiger partial charge in [0.25, 0.3) is 0 Å². The van der Waals surface area contributed by atoms with Crippen LogP contribution in [0.15, 0.2) is 37.2 Å². The molecule has 0 atom stereocenters. The fourth-order valence-electron chi connectivity index (χ4n) is 1.59. The summed E-state index contributed by atoms with van der Waals surface area (Å²) in [5.41, 5.74) is 3.71. The highest BCUT2D eigenvalue weighted by Gasteiger charge is 2.04. The summed E-state index contributed by atoms with van der Waals surface area (Å²) in [5.74, 6) is 0. The van der Waals surface area contributed by atoms with Crippen LogP contribution in [-0.2, 0) is 0 Å². The zero-order valence-corrected chi connectivity index (χ0v) is 8.70. The maximum atomic E-state index is 4.36. The van der Waals surface area contributed by atoms with Crippen molar-refractivity contribution in [2.24, 2.45) is 0 Å². The second-order valence-electron chi connectivity index (χ2n) is 3.53. The van der Waals surface area contributed by atoms with E-state index in [0.29, 0.717) is 0 Å². The van der Waals surface area contributed by atoms with Gasteiger partial charge in [-0.3, -0.25) is 0 Å². The van der Waals surface area contributed by atoms with E-state index in [9.17, 15) is 0 Å². The van der Waals surface area contributed by atoms with Gasteiger partial charge in [0, 0.05) is 29.7 Å². The Hall–Kier alpha value is -2.30. The quantitative estimate of drug-likeness (QED) is 0.612. The van der Waals surface area contributed by atoms with Crippen molar-refractivity contribution in [3.63, 3.8) is 0 Å². The van der Waals surface area contributed by atoms with Gasteiger partial charge in [0.1, 0.15) is 6.33 Å². The van der Waals surface area contributed by atoms with Crippen LogP contribution in [0.1, 0.15) is 5.56 Å². The van der Waals surface area contributed by atoms with Crippen molar-refractivity contribution in [1.82, 2.24) is 24.6 Å². The van der Waals surface area contributed by atoms with E-state index in [1.54, 1.807) is 23.1 Å². The minimum Gasteiger partial charge on any atom is -0.245 e. The molecule has 0 saturated heterocycles. The van der Waals surface area contributed by atoms with E-state index in [0.717, 1.165) is 22.5 Å². The Morgan fingerprint density at radius 2 is 2.12 bits per heavy atom. The average Bonchev–Trinajstić information content (AvgIpc) is 2.72. The van der Waals surface area contributed by atoms with Crippen LogP contribution in [0.5, 0.6) is 0 Å². The van der Waals surface area contributed by atoms with Crippen LogP contribution in [0.2, 0.25) is 0 Å². The van der Waals surface area contributed by atoms with Crippen molar-refractivity contribution in [3.05, 3.63) is 42.7 Å². The molecule has 0 aromatic carbocycles. The lowest BCUT2D eigenvalue weighted by molar-refractivity contribution is 0.939. The number of fused-ring (bicyclic) bond motifs is 1. The number of hydrogen-bond donors (Lipinski definition) is 0. The number of rotatable bonds is 1. The number of aromatic nitrogens is 5. The fourth-order valence-corrected chi connectivity index (χ4v) is 1.59. The Morgan fingerprint density at radius 3 is 2.94 bits per heavy atom. The highest BCUT2D eigenvalue weighted by Crippen LogP contribution is 2.15. The van der Waals surface area contributed by atoms with Crippen molar-refractivity contribution >= 4 is 5.65 Å². The summed E-state index contributed by atoms with van der Waals surface area (Å²) in [7, 11) is 0. The second kappa shape index (κ2) is 3.37. The normalized spacial score (nSPS) is 10.8. The van der Waals surface area contributed by atoms with Gasteiger partial charge in [0.05, 0.1) is 11.9 Å². The maximum Gasteiger partial charge on any atom is 0.157 e. The van der Waals surface area contributed by atoms with E-state index in [2.05, 4.69) is 20.1 Å². The maximum absolute atomic E-state index is 4.36. The van der Waals surface area contributed by atoms with Gasteiger partial charge >= 0.3 is 0 Å². The molecular formula is C11H9N5. The third-order valence-electron chi connectivity index (χ3n) is 2.41. The van der Waals surface area contributed by atoms with Crippen LogP contribution < -0.4 is 0 Å². The topological polar surface area (TPSA) is 56.0 Å². The van der Waals surface area contributed by atoms with Crippen molar-refractivity contribution in [1.29, 1.82) is 0 Å². The van der Waals surface area contributed by atoms with Gasteiger partial charge in [-0.1, -0.05) is 0 Å². The van der Waals surface area contributed by atoms with Crippen LogP contribution in [0, 0.1) is 6.92 Å². The summed E-state index contributed by atoms with van der Waals surface area (Å²) in [5, 5.41) is 4.22. The Balaban J connectivity index is 2.19. The summed E-state index contributed by atoms with van der Waals surface area (Å²) in [6.45, 7) is 1.99.